The number of thioether (sulfide) groups is 1. The Hall–Kier alpha value is -2.23. The molecule has 3 saturated heterocycles. The number of carboxylic acids is 1. The number of epoxide rings is 1. The molecule has 1 amide bonds. The van der Waals surface area contributed by atoms with Crippen LogP contribution in [0.3, 0.4) is 0 Å². The normalized spacial score (nSPS) is 41.3. The number of carbonyl (C=O) groups is 4. The molecule has 18 heteroatoms. The number of aliphatic carboxylic acids is 1. The van der Waals surface area contributed by atoms with Crippen LogP contribution in [0.2, 0.25) is 0 Å². The molecular formula is C42H70N2O15S. The summed E-state index contributed by atoms with van der Waals surface area (Å²) in [4.78, 5) is 53.9. The molecule has 4 N–H and O–H groups in total. The van der Waals surface area contributed by atoms with Gasteiger partial charge in [-0.15, -0.1) is 0 Å². The van der Waals surface area contributed by atoms with Gasteiger partial charge in [0.1, 0.15) is 42.3 Å². The van der Waals surface area contributed by atoms with Gasteiger partial charge in [0.25, 0.3) is 0 Å². The highest BCUT2D eigenvalue weighted by atomic mass is 32.2. The van der Waals surface area contributed by atoms with E-state index in [1.807, 2.05) is 53.6 Å². The number of Topliss-reactive ketones (excluding diaryl/α,β-unsaturated/α-hetero) is 1. The van der Waals surface area contributed by atoms with Gasteiger partial charge in [0.2, 0.25) is 5.91 Å². The molecule has 19 atom stereocenters. The predicted octanol–water partition coefficient (Wildman–Crippen LogP) is 2.17. The maximum atomic E-state index is 14.2. The first kappa shape index (κ1) is 50.4. The molecule has 0 spiro atoms. The molecule has 344 valence electrons. The summed E-state index contributed by atoms with van der Waals surface area (Å²) in [5.74, 6) is -4.07. The van der Waals surface area contributed by atoms with Crippen molar-refractivity contribution in [3.8, 4) is 0 Å². The third-order valence-corrected chi connectivity index (χ3v) is 13.7. The summed E-state index contributed by atoms with van der Waals surface area (Å²) in [5.41, 5.74) is 0. The largest absolute Gasteiger partial charge is 0.480 e. The van der Waals surface area contributed by atoms with Crippen molar-refractivity contribution in [2.24, 2.45) is 23.7 Å². The Kier molecular flexibility index (Phi) is 19.3. The number of ether oxygens (including phenoxy) is 8. The van der Waals surface area contributed by atoms with E-state index in [0.29, 0.717) is 19.3 Å². The molecule has 4 aliphatic heterocycles. The van der Waals surface area contributed by atoms with E-state index >= 15 is 0 Å². The monoisotopic (exact) mass is 874 g/mol. The summed E-state index contributed by atoms with van der Waals surface area (Å²) in [5, 5.41) is 33.9. The van der Waals surface area contributed by atoms with Gasteiger partial charge in [-0.05, 0) is 53.1 Å². The van der Waals surface area contributed by atoms with Crippen molar-refractivity contribution in [1.82, 2.24) is 10.2 Å². The average molecular weight is 875 g/mol. The number of hydrogen-bond acceptors (Lipinski definition) is 16. The van der Waals surface area contributed by atoms with Crippen LogP contribution in [-0.2, 0) is 57.1 Å². The Morgan fingerprint density at radius 1 is 0.950 bits per heavy atom. The first-order valence-electron chi connectivity index (χ1n) is 21.2. The summed E-state index contributed by atoms with van der Waals surface area (Å²) in [7, 11) is 6.72. The van der Waals surface area contributed by atoms with Gasteiger partial charge >= 0.3 is 11.9 Å². The smallest absolute Gasteiger partial charge is 0.330 e. The van der Waals surface area contributed by atoms with Crippen molar-refractivity contribution in [3.05, 3.63) is 12.2 Å². The number of nitrogens with zero attached hydrogens (tertiary/aromatic N) is 1. The third-order valence-electron chi connectivity index (χ3n) is 12.3. The van der Waals surface area contributed by atoms with E-state index in [4.69, 9.17) is 37.9 Å². The molecule has 0 saturated carbocycles. The fraction of sp³-hybridized carbons (Fsp3) is 0.857. The van der Waals surface area contributed by atoms with Crippen LogP contribution in [0.25, 0.3) is 0 Å². The molecule has 0 radical (unpaired) electrons. The number of ketones is 1. The minimum absolute atomic E-state index is 0.0318. The summed E-state index contributed by atoms with van der Waals surface area (Å²) >= 11 is 1.23. The lowest BCUT2D eigenvalue weighted by atomic mass is 9.83. The summed E-state index contributed by atoms with van der Waals surface area (Å²) in [6.45, 7) is 12.4. The number of carboxylic acid groups (broad SMARTS) is 1. The molecule has 0 aliphatic carbocycles. The second kappa shape index (κ2) is 22.9. The lowest BCUT2D eigenvalue weighted by molar-refractivity contribution is -0.305. The van der Waals surface area contributed by atoms with E-state index < -0.39 is 108 Å². The Labute approximate surface area is 358 Å². The fourth-order valence-electron chi connectivity index (χ4n) is 8.76. The number of aliphatic hydroxyl groups is 2. The zero-order valence-electron chi connectivity index (χ0n) is 37.0. The highest BCUT2D eigenvalue weighted by molar-refractivity contribution is 8.00. The van der Waals surface area contributed by atoms with Crippen LogP contribution in [0.1, 0.15) is 74.1 Å². The zero-order chi connectivity index (χ0) is 44.6. The number of aliphatic hydroxyl groups excluding tert-OH is 2. The molecule has 4 aliphatic rings. The van der Waals surface area contributed by atoms with E-state index in [0.717, 1.165) is 0 Å². The lowest BCUT2D eigenvalue weighted by Crippen LogP contribution is -2.59. The topological polar surface area (TPSA) is 221 Å². The summed E-state index contributed by atoms with van der Waals surface area (Å²) in [6, 6.07) is -1.42. The van der Waals surface area contributed by atoms with Crippen LogP contribution in [0.5, 0.6) is 0 Å². The number of nitrogens with one attached hydrogen (secondary N) is 1. The molecule has 0 aromatic heterocycles. The van der Waals surface area contributed by atoms with Gasteiger partial charge in [0, 0.05) is 68.4 Å². The second-order valence-electron chi connectivity index (χ2n) is 17.2. The van der Waals surface area contributed by atoms with Crippen LogP contribution in [0.15, 0.2) is 12.2 Å². The molecule has 0 aromatic carbocycles. The highest BCUT2D eigenvalue weighted by Gasteiger charge is 2.54. The van der Waals surface area contributed by atoms with E-state index in [-0.39, 0.29) is 48.5 Å². The number of methoxy groups -OCH3 is 2. The van der Waals surface area contributed by atoms with Crippen molar-refractivity contribution in [1.29, 1.82) is 0 Å². The van der Waals surface area contributed by atoms with Gasteiger partial charge in [0.15, 0.2) is 12.6 Å². The van der Waals surface area contributed by atoms with Gasteiger partial charge in [-0.2, -0.15) is 11.8 Å². The number of fused-ring (bicyclic) bond motifs is 1. The quantitative estimate of drug-likeness (QED) is 0.145. The first-order valence-corrected chi connectivity index (χ1v) is 22.2. The molecule has 3 unspecified atom stereocenters. The molecule has 4 rings (SSSR count). The van der Waals surface area contributed by atoms with Gasteiger partial charge < -0.3 is 63.4 Å². The number of rotatable bonds is 14. The van der Waals surface area contributed by atoms with Crippen molar-refractivity contribution in [2.75, 3.05) is 40.7 Å². The standard InChI is InChI=1S/C42H70N2O15S/c1-12-30-26(18-54-42-39(53-11)38(52-10)33(48)24(6)56-42)36-37(58-36)31(60-19-27(40(50)51)43-25(7)45)17-29(46)21(3)15-22(4)35(20(2)13-14-32(47)57-30)59-41-34(49)28(44(8)9)16-23(5)55-41/h13-14,20-24,26-28,30-31,33-39,41-42,48-49H,12,15-19H2,1-11H3,(H,43,45)(H,50,51)/t20-,21+,22-,23?,24+,26+,27+,28-,30?,31?,33+,34+,35+,36-,37+,38+,39+,41-,42+/m0/s1. The molecule has 17 nitrogen and oxygen atoms in total. The number of hydrogen-bond donors (Lipinski definition) is 4. The van der Waals surface area contributed by atoms with E-state index in [1.165, 1.54) is 39.0 Å². The minimum atomic E-state index is -1.21. The molecular weight excluding hydrogens is 805 g/mol. The highest BCUT2D eigenvalue weighted by Crippen LogP contribution is 2.43. The van der Waals surface area contributed by atoms with Crippen LogP contribution in [-0.4, -0.2) is 175 Å². The summed E-state index contributed by atoms with van der Waals surface area (Å²) < 4.78 is 48.8. The van der Waals surface area contributed by atoms with Crippen LogP contribution >= 0.6 is 11.8 Å². The maximum absolute atomic E-state index is 14.2. The predicted molar refractivity (Wildman–Crippen MR) is 220 cm³/mol. The Bertz CT molecular complexity index is 1460. The summed E-state index contributed by atoms with van der Waals surface area (Å²) in [6.07, 6.45) is -4.17. The number of amides is 1. The maximum Gasteiger partial charge on any atom is 0.330 e. The van der Waals surface area contributed by atoms with Crippen LogP contribution in [0, 0.1) is 23.7 Å². The van der Waals surface area contributed by atoms with E-state index in [9.17, 15) is 34.5 Å². The van der Waals surface area contributed by atoms with Crippen molar-refractivity contribution in [2.45, 2.75) is 165 Å². The van der Waals surface area contributed by atoms with Crippen molar-refractivity contribution >= 4 is 35.4 Å². The van der Waals surface area contributed by atoms with Gasteiger partial charge in [-0.1, -0.05) is 33.8 Å². The number of carbonyl (C=O) groups excluding carboxylic acids is 3. The molecule has 0 bridgehead atoms. The molecule has 0 aromatic rings. The number of esters is 1. The van der Waals surface area contributed by atoms with Crippen molar-refractivity contribution < 1.29 is 72.4 Å². The molecule has 3 fully saturated rings. The Morgan fingerprint density at radius 2 is 1.63 bits per heavy atom. The van der Waals surface area contributed by atoms with Gasteiger partial charge in [0.05, 0.1) is 37.1 Å². The second-order valence-corrected chi connectivity index (χ2v) is 18.5. The van der Waals surface area contributed by atoms with Crippen LogP contribution in [0.4, 0.5) is 0 Å². The molecule has 4 heterocycles. The fourth-order valence-corrected chi connectivity index (χ4v) is 10.1. The lowest BCUT2D eigenvalue weighted by Gasteiger charge is -2.43. The van der Waals surface area contributed by atoms with Crippen molar-refractivity contribution in [3.63, 3.8) is 0 Å². The Balaban J connectivity index is 1.68. The SMILES string of the molecule is CCC1OC(=O)C=C[C@H](C)[C@@H](O[C@@H]2OC(C)C[C@H](N(C)C)[C@H]2O)[C@@H](C)C[C@@H](C)C(=O)CC(SC[C@@H](NC(C)=O)C(=O)O)[C@H]2O[C@H]2[C@@H]1CO[C@@H]1O[C@H](C)[C@@H](O)[C@@H](OC)[C@H]1OC. The number of likely N-dealkylation sites (N-methyl/N-ethyl adjacent to an activating group) is 1. The van der Waals surface area contributed by atoms with Crippen LogP contribution < -0.4 is 5.32 Å². The molecule has 60 heavy (non-hydrogen) atoms. The third kappa shape index (κ3) is 13.2. The van der Waals surface area contributed by atoms with Gasteiger partial charge in [-0.25, -0.2) is 9.59 Å². The van der Waals surface area contributed by atoms with E-state index in [1.54, 1.807) is 13.0 Å². The Morgan fingerprint density at radius 3 is 2.23 bits per heavy atom. The zero-order valence-corrected chi connectivity index (χ0v) is 37.8. The van der Waals surface area contributed by atoms with E-state index in [2.05, 4.69) is 5.32 Å². The minimum Gasteiger partial charge on any atom is -0.480 e. The van der Waals surface area contributed by atoms with Gasteiger partial charge in [-0.3, -0.25) is 9.59 Å². The average Bonchev–Trinajstić information content (AvgIpc) is 3.98. The first-order chi connectivity index (χ1) is 28.3. The number of cyclic esters (lactones) is 1.